The summed E-state index contributed by atoms with van der Waals surface area (Å²) in [4.78, 5) is 29.4. The maximum Gasteiger partial charge on any atom is 0.279 e. The van der Waals surface area contributed by atoms with Crippen LogP contribution in [0.25, 0.3) is 0 Å². The lowest BCUT2D eigenvalue weighted by molar-refractivity contribution is -0.117. The molecular formula is C18H25FN2O3. The monoisotopic (exact) mass is 336 g/mol. The van der Waals surface area contributed by atoms with Crippen LogP contribution < -0.4 is 5.32 Å². The van der Waals surface area contributed by atoms with E-state index in [9.17, 15) is 14.0 Å². The summed E-state index contributed by atoms with van der Waals surface area (Å²) in [5, 5.41) is 3.74. The Kier molecular flexibility index (Phi) is 6.31. The smallest absolute Gasteiger partial charge is 0.279 e. The summed E-state index contributed by atoms with van der Waals surface area (Å²) >= 11 is 0. The van der Waals surface area contributed by atoms with Crippen LogP contribution in [0.5, 0.6) is 0 Å². The van der Waals surface area contributed by atoms with Gasteiger partial charge < -0.3 is 5.32 Å². The molecule has 0 unspecified atom stereocenters. The number of hydroxylamine groups is 2. The first kappa shape index (κ1) is 18.4. The Hall–Kier alpha value is -1.95. The van der Waals surface area contributed by atoms with E-state index in [0.717, 1.165) is 30.4 Å². The van der Waals surface area contributed by atoms with E-state index in [1.807, 2.05) is 0 Å². The van der Waals surface area contributed by atoms with Crippen molar-refractivity contribution >= 4 is 17.5 Å². The molecule has 0 radical (unpaired) electrons. The molecule has 1 N–H and O–H groups in total. The van der Waals surface area contributed by atoms with Crippen LogP contribution in [-0.4, -0.2) is 31.0 Å². The lowest BCUT2D eigenvalue weighted by Crippen LogP contribution is -2.27. The highest BCUT2D eigenvalue weighted by Gasteiger charge is 2.23. The average Bonchev–Trinajstić information content (AvgIpc) is 2.55. The van der Waals surface area contributed by atoms with Crippen molar-refractivity contribution in [2.75, 3.05) is 19.5 Å². The molecule has 0 heterocycles. The summed E-state index contributed by atoms with van der Waals surface area (Å²) in [6.45, 7) is 2.21. The van der Waals surface area contributed by atoms with Crippen molar-refractivity contribution < 1.29 is 18.8 Å². The topological polar surface area (TPSA) is 58.6 Å². The van der Waals surface area contributed by atoms with Crippen LogP contribution in [0, 0.1) is 17.7 Å². The molecule has 0 aliphatic heterocycles. The van der Waals surface area contributed by atoms with Gasteiger partial charge in [-0.3, -0.25) is 14.4 Å². The van der Waals surface area contributed by atoms with E-state index in [-0.39, 0.29) is 11.5 Å². The van der Waals surface area contributed by atoms with Crippen molar-refractivity contribution in [1.29, 1.82) is 0 Å². The molecule has 0 spiro atoms. The number of nitrogens with one attached hydrogen (secondary N) is 1. The normalized spacial score (nSPS) is 20.5. The minimum absolute atomic E-state index is 0.0738. The fourth-order valence-electron chi connectivity index (χ4n) is 3.26. The molecule has 1 aromatic carbocycles. The Bertz CT molecular complexity index is 606. The molecule has 1 aromatic rings. The van der Waals surface area contributed by atoms with Crippen molar-refractivity contribution in [1.82, 2.24) is 5.06 Å². The van der Waals surface area contributed by atoms with Crippen molar-refractivity contribution in [2.45, 2.75) is 39.0 Å². The first-order valence-electron chi connectivity index (χ1n) is 8.32. The van der Waals surface area contributed by atoms with Gasteiger partial charge >= 0.3 is 0 Å². The summed E-state index contributed by atoms with van der Waals surface area (Å²) < 4.78 is 13.5. The lowest BCUT2D eigenvalue weighted by Gasteiger charge is -2.26. The van der Waals surface area contributed by atoms with E-state index in [2.05, 4.69) is 12.2 Å². The van der Waals surface area contributed by atoms with Gasteiger partial charge in [-0.25, -0.2) is 9.45 Å². The van der Waals surface area contributed by atoms with Crippen LogP contribution in [0.15, 0.2) is 18.2 Å². The third-order valence-corrected chi connectivity index (χ3v) is 4.57. The Morgan fingerprint density at radius 2 is 2.12 bits per heavy atom. The number of hydrogen-bond donors (Lipinski definition) is 1. The molecule has 1 aliphatic carbocycles. The second-order valence-electron chi connectivity index (χ2n) is 6.57. The molecule has 0 saturated heterocycles. The zero-order chi connectivity index (χ0) is 17.7. The summed E-state index contributed by atoms with van der Waals surface area (Å²) in [5.74, 6) is -0.180. The van der Waals surface area contributed by atoms with Crippen LogP contribution >= 0.6 is 0 Å². The SMILES string of the molecule is CON(C)C(=O)c1cc(F)ccc1NC(=O)C[C@@H]1CCC[C@@H](C)C1. The number of nitrogens with zero attached hydrogens (tertiary/aromatic N) is 1. The van der Waals surface area contributed by atoms with Crippen LogP contribution in [0.3, 0.4) is 0 Å². The Labute approximate surface area is 142 Å². The predicted octanol–water partition coefficient (Wildman–Crippen LogP) is 3.61. The van der Waals surface area contributed by atoms with Gasteiger partial charge in [0, 0.05) is 13.5 Å². The van der Waals surface area contributed by atoms with E-state index >= 15 is 0 Å². The van der Waals surface area contributed by atoms with E-state index in [0.29, 0.717) is 23.9 Å². The van der Waals surface area contributed by atoms with Crippen molar-refractivity contribution in [3.8, 4) is 0 Å². The van der Waals surface area contributed by atoms with Crippen molar-refractivity contribution in [2.24, 2.45) is 11.8 Å². The Balaban J connectivity index is 2.08. The molecular weight excluding hydrogens is 311 g/mol. The molecule has 2 rings (SSSR count). The highest BCUT2D eigenvalue weighted by molar-refractivity contribution is 6.03. The zero-order valence-electron chi connectivity index (χ0n) is 14.5. The zero-order valence-corrected chi connectivity index (χ0v) is 14.5. The molecule has 5 nitrogen and oxygen atoms in total. The Morgan fingerprint density at radius 1 is 1.38 bits per heavy atom. The second kappa shape index (κ2) is 8.24. The summed E-state index contributed by atoms with van der Waals surface area (Å²) in [5.41, 5.74) is 0.379. The molecule has 2 amide bonds. The van der Waals surface area contributed by atoms with Gasteiger partial charge in [0.05, 0.1) is 18.4 Å². The van der Waals surface area contributed by atoms with Gasteiger partial charge in [-0.15, -0.1) is 0 Å². The molecule has 2 atom stereocenters. The van der Waals surface area contributed by atoms with Gasteiger partial charge in [-0.05, 0) is 42.9 Å². The number of amides is 2. The number of rotatable bonds is 5. The number of carbonyl (C=O) groups is 2. The fraction of sp³-hybridized carbons (Fsp3) is 0.556. The summed E-state index contributed by atoms with van der Waals surface area (Å²) in [7, 11) is 2.78. The third kappa shape index (κ3) is 4.77. The Morgan fingerprint density at radius 3 is 2.79 bits per heavy atom. The van der Waals surface area contributed by atoms with Gasteiger partial charge in [0.25, 0.3) is 5.91 Å². The average molecular weight is 336 g/mol. The van der Waals surface area contributed by atoms with E-state index in [4.69, 9.17) is 4.84 Å². The second-order valence-corrected chi connectivity index (χ2v) is 6.57. The minimum Gasteiger partial charge on any atom is -0.325 e. The first-order chi connectivity index (χ1) is 11.4. The number of halogens is 1. The minimum atomic E-state index is -0.540. The fourth-order valence-corrected chi connectivity index (χ4v) is 3.26. The highest BCUT2D eigenvalue weighted by Crippen LogP contribution is 2.31. The molecule has 24 heavy (non-hydrogen) atoms. The quantitative estimate of drug-likeness (QED) is 0.836. The lowest BCUT2D eigenvalue weighted by atomic mass is 9.81. The third-order valence-electron chi connectivity index (χ3n) is 4.57. The number of hydrogen-bond acceptors (Lipinski definition) is 3. The standard InChI is InChI=1S/C18H25FN2O3/c1-12-5-4-6-13(9-12)10-17(22)20-16-8-7-14(19)11-15(16)18(23)21(2)24-3/h7-8,11-13H,4-6,9-10H2,1-3H3,(H,20,22)/t12-,13-/m1/s1. The maximum atomic E-state index is 13.5. The number of anilines is 1. The maximum absolute atomic E-state index is 13.5. The van der Waals surface area contributed by atoms with Crippen LogP contribution in [-0.2, 0) is 9.63 Å². The molecule has 1 fully saturated rings. The van der Waals surface area contributed by atoms with Gasteiger partial charge in [0.1, 0.15) is 5.82 Å². The predicted molar refractivity (Wildman–Crippen MR) is 89.9 cm³/mol. The highest BCUT2D eigenvalue weighted by atomic mass is 19.1. The van der Waals surface area contributed by atoms with Gasteiger partial charge in [0.15, 0.2) is 0 Å². The molecule has 0 aromatic heterocycles. The number of carbonyl (C=O) groups excluding carboxylic acids is 2. The summed E-state index contributed by atoms with van der Waals surface area (Å²) in [6, 6.07) is 3.74. The molecule has 1 aliphatic rings. The van der Waals surface area contributed by atoms with E-state index < -0.39 is 11.7 Å². The largest absolute Gasteiger partial charge is 0.325 e. The molecule has 132 valence electrons. The summed E-state index contributed by atoms with van der Waals surface area (Å²) in [6.07, 6.45) is 4.90. The molecule has 6 heteroatoms. The van der Waals surface area contributed by atoms with E-state index in [1.54, 1.807) is 0 Å². The number of benzene rings is 1. The molecule has 0 bridgehead atoms. The van der Waals surface area contributed by atoms with Crippen LogP contribution in [0.1, 0.15) is 49.4 Å². The van der Waals surface area contributed by atoms with Crippen molar-refractivity contribution in [3.05, 3.63) is 29.6 Å². The van der Waals surface area contributed by atoms with Crippen LogP contribution in [0.4, 0.5) is 10.1 Å². The van der Waals surface area contributed by atoms with Gasteiger partial charge in [0.2, 0.25) is 5.91 Å². The van der Waals surface area contributed by atoms with Gasteiger partial charge in [-0.2, -0.15) is 0 Å². The van der Waals surface area contributed by atoms with E-state index in [1.165, 1.54) is 32.7 Å². The van der Waals surface area contributed by atoms with Gasteiger partial charge in [-0.1, -0.05) is 19.8 Å². The van der Waals surface area contributed by atoms with Crippen molar-refractivity contribution in [3.63, 3.8) is 0 Å². The first-order valence-corrected chi connectivity index (χ1v) is 8.32. The molecule has 1 saturated carbocycles. The van der Waals surface area contributed by atoms with Crippen LogP contribution in [0.2, 0.25) is 0 Å².